The first-order valence-corrected chi connectivity index (χ1v) is 9.71. The molecule has 8 nitrogen and oxygen atoms in total. The van der Waals surface area contributed by atoms with Crippen LogP contribution in [-0.2, 0) is 9.59 Å². The van der Waals surface area contributed by atoms with E-state index in [4.69, 9.17) is 4.74 Å². The van der Waals surface area contributed by atoms with E-state index < -0.39 is 5.91 Å². The van der Waals surface area contributed by atoms with Crippen LogP contribution in [0.4, 0.5) is 5.69 Å². The quantitative estimate of drug-likeness (QED) is 0.305. The number of hydrogen-bond donors (Lipinski definition) is 3. The molecule has 0 saturated carbocycles. The predicted molar refractivity (Wildman–Crippen MR) is 118 cm³/mol. The fourth-order valence-corrected chi connectivity index (χ4v) is 2.98. The number of aldehydes is 2. The minimum atomic E-state index is -0.392. The van der Waals surface area contributed by atoms with E-state index in [0.717, 1.165) is 5.56 Å². The average Bonchev–Trinajstić information content (AvgIpc) is 2.79. The summed E-state index contributed by atoms with van der Waals surface area (Å²) in [5.41, 5.74) is 1.08. The number of carbonyl (C=O) groups is 3. The molecule has 0 aromatic heterocycles. The summed E-state index contributed by atoms with van der Waals surface area (Å²) in [4.78, 5) is 37.1. The number of benzene rings is 2. The number of hydrogen-bond acceptors (Lipinski definition) is 7. The van der Waals surface area contributed by atoms with Crippen LogP contribution >= 0.6 is 0 Å². The number of para-hydroxylation sites is 1. The van der Waals surface area contributed by atoms with Crippen LogP contribution in [-0.4, -0.2) is 49.7 Å². The van der Waals surface area contributed by atoms with Crippen molar-refractivity contribution in [3.8, 4) is 11.5 Å². The van der Waals surface area contributed by atoms with Crippen molar-refractivity contribution in [3.05, 3.63) is 65.0 Å². The Kier molecular flexibility index (Phi) is 8.19. The Bertz CT molecular complexity index is 968. The number of ether oxygens (including phenoxy) is 1. The third kappa shape index (κ3) is 5.63. The molecular formula is C23H27N3O5. The van der Waals surface area contributed by atoms with Crippen molar-refractivity contribution in [1.82, 2.24) is 10.2 Å². The van der Waals surface area contributed by atoms with Crippen molar-refractivity contribution in [3.63, 3.8) is 0 Å². The lowest BCUT2D eigenvalue weighted by Crippen LogP contribution is -2.25. The Morgan fingerprint density at radius 1 is 1.10 bits per heavy atom. The third-order valence-corrected chi connectivity index (χ3v) is 4.72. The number of carbonyl (C=O) groups excluding carboxylic acids is 3. The molecule has 0 aliphatic rings. The van der Waals surface area contributed by atoms with Gasteiger partial charge < -0.3 is 25.4 Å². The van der Waals surface area contributed by atoms with Gasteiger partial charge in [-0.05, 0) is 36.2 Å². The Morgan fingerprint density at radius 2 is 1.74 bits per heavy atom. The summed E-state index contributed by atoms with van der Waals surface area (Å²) in [6.45, 7) is 1.94. The molecule has 0 heterocycles. The maximum absolute atomic E-state index is 12.2. The zero-order chi connectivity index (χ0) is 23.0. The summed E-state index contributed by atoms with van der Waals surface area (Å²) in [6.07, 6.45) is 1.67. The van der Waals surface area contributed by atoms with Crippen molar-refractivity contribution in [2.24, 2.45) is 0 Å². The van der Waals surface area contributed by atoms with Crippen LogP contribution in [0.1, 0.15) is 35.3 Å². The van der Waals surface area contributed by atoms with Crippen LogP contribution in [0.15, 0.2) is 53.9 Å². The standard InChI is InChI=1S/C23H27N3O5/c1-5-18(15-9-11-16(31-4)12-10-15)24-20(13-27)21(14-28)25-19-8-6-7-17(22(19)29)23(30)26(2)3/h6-14,18,24-25,29H,5H2,1-4H3/b21-20-. The van der Waals surface area contributed by atoms with Gasteiger partial charge in [-0.3, -0.25) is 14.4 Å². The van der Waals surface area contributed by atoms with Crippen LogP contribution in [0.3, 0.4) is 0 Å². The van der Waals surface area contributed by atoms with Gasteiger partial charge in [0.15, 0.2) is 18.3 Å². The van der Waals surface area contributed by atoms with E-state index in [2.05, 4.69) is 10.6 Å². The summed E-state index contributed by atoms with van der Waals surface area (Å²) < 4.78 is 5.17. The van der Waals surface area contributed by atoms with Crippen molar-refractivity contribution < 1.29 is 24.2 Å². The zero-order valence-corrected chi connectivity index (χ0v) is 18.0. The molecule has 164 valence electrons. The average molecular weight is 425 g/mol. The van der Waals surface area contributed by atoms with Crippen LogP contribution in [0.25, 0.3) is 0 Å². The smallest absolute Gasteiger partial charge is 0.257 e. The summed E-state index contributed by atoms with van der Waals surface area (Å²) in [5, 5.41) is 16.3. The van der Waals surface area contributed by atoms with E-state index >= 15 is 0 Å². The number of anilines is 1. The molecule has 0 spiro atoms. The van der Waals surface area contributed by atoms with E-state index in [9.17, 15) is 19.5 Å². The lowest BCUT2D eigenvalue weighted by Gasteiger charge is -2.21. The summed E-state index contributed by atoms with van der Waals surface area (Å²) in [6, 6.07) is 11.7. The second kappa shape index (κ2) is 10.8. The number of nitrogens with one attached hydrogen (secondary N) is 2. The normalized spacial score (nSPS) is 12.3. The van der Waals surface area contributed by atoms with Gasteiger partial charge in [-0.15, -0.1) is 0 Å². The highest BCUT2D eigenvalue weighted by Gasteiger charge is 2.18. The number of aromatic hydroxyl groups is 1. The number of amides is 1. The highest BCUT2D eigenvalue weighted by atomic mass is 16.5. The SMILES string of the molecule is CCC(N/C(C=O)=C(/C=O)Nc1cccc(C(=O)N(C)C)c1O)c1ccc(OC)cc1. The van der Waals surface area contributed by atoms with Crippen LogP contribution < -0.4 is 15.4 Å². The molecule has 1 amide bonds. The van der Waals surface area contributed by atoms with Gasteiger partial charge in [-0.2, -0.15) is 0 Å². The van der Waals surface area contributed by atoms with E-state index in [1.54, 1.807) is 27.3 Å². The molecule has 3 N–H and O–H groups in total. The van der Waals surface area contributed by atoms with Gasteiger partial charge in [0.25, 0.3) is 5.91 Å². The highest BCUT2D eigenvalue weighted by molar-refractivity contribution is 5.99. The minimum Gasteiger partial charge on any atom is -0.505 e. The number of rotatable bonds is 10. The molecule has 31 heavy (non-hydrogen) atoms. The Balaban J connectivity index is 2.35. The Labute approximate surface area is 181 Å². The van der Waals surface area contributed by atoms with Crippen LogP contribution in [0, 0.1) is 0 Å². The molecule has 2 rings (SSSR count). The van der Waals surface area contributed by atoms with Crippen molar-refractivity contribution in [2.75, 3.05) is 26.5 Å². The lowest BCUT2D eigenvalue weighted by molar-refractivity contribution is -0.107. The second-order valence-electron chi connectivity index (χ2n) is 6.97. The first-order chi connectivity index (χ1) is 14.9. The fraction of sp³-hybridized carbons (Fsp3) is 0.261. The molecule has 2 aromatic carbocycles. The van der Waals surface area contributed by atoms with Crippen molar-refractivity contribution in [1.29, 1.82) is 0 Å². The molecular weight excluding hydrogens is 398 g/mol. The Hall–Kier alpha value is -3.81. The monoisotopic (exact) mass is 425 g/mol. The van der Waals surface area contributed by atoms with Crippen molar-refractivity contribution in [2.45, 2.75) is 19.4 Å². The lowest BCUT2D eigenvalue weighted by atomic mass is 10.0. The zero-order valence-electron chi connectivity index (χ0n) is 18.0. The molecule has 0 aliphatic heterocycles. The number of phenols is 1. The Morgan fingerprint density at radius 3 is 2.26 bits per heavy atom. The first kappa shape index (κ1) is 23.5. The van der Waals surface area contributed by atoms with Crippen LogP contribution in [0.5, 0.6) is 11.5 Å². The molecule has 0 saturated heterocycles. The summed E-state index contributed by atoms with van der Waals surface area (Å²) >= 11 is 0. The molecule has 0 bridgehead atoms. The number of nitrogens with zero attached hydrogens (tertiary/aromatic N) is 1. The second-order valence-corrected chi connectivity index (χ2v) is 6.97. The van der Waals surface area contributed by atoms with E-state index in [0.29, 0.717) is 24.7 Å². The fourth-order valence-electron chi connectivity index (χ4n) is 2.98. The van der Waals surface area contributed by atoms with Gasteiger partial charge in [0.05, 0.1) is 24.4 Å². The predicted octanol–water partition coefficient (Wildman–Crippen LogP) is 2.86. The van der Waals surface area contributed by atoms with Gasteiger partial charge in [0.2, 0.25) is 0 Å². The van der Waals surface area contributed by atoms with Crippen LogP contribution in [0.2, 0.25) is 0 Å². The van der Waals surface area contributed by atoms with Gasteiger partial charge >= 0.3 is 0 Å². The van der Waals surface area contributed by atoms with Gasteiger partial charge in [0, 0.05) is 14.1 Å². The largest absolute Gasteiger partial charge is 0.505 e. The summed E-state index contributed by atoms with van der Waals surface area (Å²) in [5.74, 6) is 0.00713. The van der Waals surface area contributed by atoms with E-state index in [1.165, 1.54) is 17.0 Å². The van der Waals surface area contributed by atoms with Gasteiger partial charge in [-0.25, -0.2) is 0 Å². The molecule has 0 aliphatic carbocycles. The van der Waals surface area contributed by atoms with Gasteiger partial charge in [-0.1, -0.05) is 25.1 Å². The maximum atomic E-state index is 12.2. The number of phenolic OH excluding ortho intramolecular Hbond substituents is 1. The minimum absolute atomic E-state index is 0.0291. The topological polar surface area (TPSA) is 108 Å². The summed E-state index contributed by atoms with van der Waals surface area (Å²) in [7, 11) is 4.71. The highest BCUT2D eigenvalue weighted by Crippen LogP contribution is 2.29. The maximum Gasteiger partial charge on any atom is 0.257 e. The molecule has 0 radical (unpaired) electrons. The van der Waals surface area contributed by atoms with Gasteiger partial charge in [0.1, 0.15) is 17.1 Å². The molecule has 8 heteroatoms. The number of allylic oxidation sites excluding steroid dienone is 2. The number of methoxy groups -OCH3 is 1. The molecule has 1 atom stereocenters. The van der Waals surface area contributed by atoms with Crippen molar-refractivity contribution >= 4 is 24.2 Å². The molecule has 1 unspecified atom stereocenters. The van der Waals surface area contributed by atoms with E-state index in [-0.39, 0.29) is 34.4 Å². The first-order valence-electron chi connectivity index (χ1n) is 9.71. The molecule has 0 fully saturated rings. The third-order valence-electron chi connectivity index (χ3n) is 4.72. The molecule has 2 aromatic rings. The van der Waals surface area contributed by atoms with E-state index in [1.807, 2.05) is 31.2 Å².